The van der Waals surface area contributed by atoms with Gasteiger partial charge >= 0.3 is 0 Å². The Labute approximate surface area is 119 Å². The summed E-state index contributed by atoms with van der Waals surface area (Å²) in [6.07, 6.45) is 2.41. The molecule has 0 saturated carbocycles. The van der Waals surface area contributed by atoms with Crippen LogP contribution in [0, 0.1) is 5.92 Å². The molecule has 1 fully saturated rings. The van der Waals surface area contributed by atoms with Crippen LogP contribution in [-0.4, -0.2) is 19.7 Å². The number of benzene rings is 1. The number of ether oxygens (including phenoxy) is 1. The minimum Gasteiger partial charge on any atom is -0.373 e. The van der Waals surface area contributed by atoms with Gasteiger partial charge in [0.1, 0.15) is 0 Å². The first kappa shape index (κ1) is 14.1. The predicted molar refractivity (Wildman–Crippen MR) is 76.4 cm³/mol. The van der Waals surface area contributed by atoms with E-state index in [9.17, 15) is 0 Å². The van der Waals surface area contributed by atoms with Gasteiger partial charge in [-0.25, -0.2) is 0 Å². The highest BCUT2D eigenvalue weighted by Gasteiger charge is 2.27. The minimum atomic E-state index is 0.106. The molecule has 1 aromatic rings. The first-order chi connectivity index (χ1) is 8.70. The summed E-state index contributed by atoms with van der Waals surface area (Å²) in [6.45, 7) is 4.90. The van der Waals surface area contributed by atoms with E-state index in [1.165, 1.54) is 6.42 Å². The van der Waals surface area contributed by atoms with Crippen molar-refractivity contribution >= 4 is 23.2 Å². The quantitative estimate of drug-likeness (QED) is 0.901. The molecule has 2 nitrogen and oxygen atoms in total. The molecule has 0 bridgehead atoms. The zero-order valence-electron chi connectivity index (χ0n) is 10.6. The van der Waals surface area contributed by atoms with Crippen molar-refractivity contribution in [3.05, 3.63) is 33.8 Å². The molecular formula is C14H19Cl2NO. The van der Waals surface area contributed by atoms with E-state index in [1.807, 2.05) is 12.1 Å². The lowest BCUT2D eigenvalue weighted by atomic mass is 9.89. The molecule has 1 saturated heterocycles. The maximum absolute atomic E-state index is 6.07. The molecule has 2 atom stereocenters. The zero-order valence-corrected chi connectivity index (χ0v) is 12.1. The van der Waals surface area contributed by atoms with Crippen LogP contribution in [0.3, 0.4) is 0 Å². The summed E-state index contributed by atoms with van der Waals surface area (Å²) in [5, 5.41) is 4.75. The van der Waals surface area contributed by atoms with Gasteiger partial charge in [-0.2, -0.15) is 0 Å². The van der Waals surface area contributed by atoms with Gasteiger partial charge in [0.2, 0.25) is 0 Å². The first-order valence-corrected chi connectivity index (χ1v) is 7.24. The van der Waals surface area contributed by atoms with Crippen LogP contribution in [0.15, 0.2) is 18.2 Å². The van der Waals surface area contributed by atoms with Crippen molar-refractivity contribution in [1.82, 2.24) is 5.32 Å². The molecular weight excluding hydrogens is 269 g/mol. The van der Waals surface area contributed by atoms with Gasteiger partial charge in [0.15, 0.2) is 0 Å². The number of halogens is 2. The summed E-state index contributed by atoms with van der Waals surface area (Å²) in [7, 11) is 0. The van der Waals surface area contributed by atoms with Crippen molar-refractivity contribution < 1.29 is 4.74 Å². The SMILES string of the molecule is CCNCC1CCCOC1c1cc(Cl)cc(Cl)c1. The maximum atomic E-state index is 6.07. The smallest absolute Gasteiger partial charge is 0.0866 e. The van der Waals surface area contributed by atoms with Crippen molar-refractivity contribution in [2.24, 2.45) is 5.92 Å². The second-order valence-electron chi connectivity index (χ2n) is 4.70. The zero-order chi connectivity index (χ0) is 13.0. The van der Waals surface area contributed by atoms with Crippen molar-refractivity contribution in [1.29, 1.82) is 0 Å². The number of hydrogen-bond acceptors (Lipinski definition) is 2. The summed E-state index contributed by atoms with van der Waals surface area (Å²) < 4.78 is 5.93. The van der Waals surface area contributed by atoms with Crippen LogP contribution in [-0.2, 0) is 4.74 Å². The van der Waals surface area contributed by atoms with E-state index in [0.717, 1.165) is 31.7 Å². The standard InChI is InChI=1S/C14H19Cl2NO/c1-2-17-9-10-4-3-5-18-14(10)11-6-12(15)8-13(16)7-11/h6-8,10,14,17H,2-5,9H2,1H3. The highest BCUT2D eigenvalue weighted by molar-refractivity contribution is 6.34. The predicted octanol–water partition coefficient (Wildman–Crippen LogP) is 4.07. The molecule has 1 aliphatic heterocycles. The van der Waals surface area contributed by atoms with Crippen molar-refractivity contribution in [3.63, 3.8) is 0 Å². The molecule has 1 aliphatic rings. The van der Waals surface area contributed by atoms with Gasteiger partial charge in [0.25, 0.3) is 0 Å². The van der Waals surface area contributed by atoms with E-state index in [1.54, 1.807) is 6.07 Å². The normalized spacial score (nSPS) is 24.2. The lowest BCUT2D eigenvalue weighted by Crippen LogP contribution is -2.31. The Morgan fingerprint density at radius 1 is 1.28 bits per heavy atom. The van der Waals surface area contributed by atoms with Crippen LogP contribution in [0.4, 0.5) is 0 Å². The van der Waals surface area contributed by atoms with E-state index >= 15 is 0 Å². The van der Waals surface area contributed by atoms with Gasteiger partial charge < -0.3 is 10.1 Å². The molecule has 0 radical (unpaired) electrons. The van der Waals surface area contributed by atoms with Crippen LogP contribution >= 0.6 is 23.2 Å². The van der Waals surface area contributed by atoms with Gasteiger partial charge in [-0.15, -0.1) is 0 Å². The molecule has 2 rings (SSSR count). The number of hydrogen-bond donors (Lipinski definition) is 1. The largest absolute Gasteiger partial charge is 0.373 e. The lowest BCUT2D eigenvalue weighted by molar-refractivity contribution is -0.0276. The molecule has 1 aromatic carbocycles. The second-order valence-corrected chi connectivity index (χ2v) is 5.58. The summed E-state index contributed by atoms with van der Waals surface area (Å²) in [5.74, 6) is 0.494. The minimum absolute atomic E-state index is 0.106. The van der Waals surface area contributed by atoms with Gasteiger partial charge in [-0.1, -0.05) is 30.1 Å². The summed E-state index contributed by atoms with van der Waals surface area (Å²) in [5.41, 5.74) is 1.09. The first-order valence-electron chi connectivity index (χ1n) is 6.49. The van der Waals surface area contributed by atoms with Crippen molar-refractivity contribution in [2.75, 3.05) is 19.7 Å². The Morgan fingerprint density at radius 3 is 2.67 bits per heavy atom. The summed E-state index contributed by atoms with van der Waals surface area (Å²) >= 11 is 12.1. The average Bonchev–Trinajstić information content (AvgIpc) is 2.35. The molecule has 0 spiro atoms. The van der Waals surface area contributed by atoms with Crippen LogP contribution in [0.25, 0.3) is 0 Å². The number of nitrogens with one attached hydrogen (secondary N) is 1. The Hall–Kier alpha value is -0.280. The van der Waals surface area contributed by atoms with E-state index in [-0.39, 0.29) is 6.10 Å². The topological polar surface area (TPSA) is 21.3 Å². The average molecular weight is 288 g/mol. The van der Waals surface area contributed by atoms with Gasteiger partial charge in [0, 0.05) is 29.1 Å². The molecule has 4 heteroatoms. The van der Waals surface area contributed by atoms with E-state index in [2.05, 4.69) is 12.2 Å². The number of rotatable bonds is 4. The molecule has 0 amide bonds. The van der Waals surface area contributed by atoms with E-state index < -0.39 is 0 Å². The monoisotopic (exact) mass is 287 g/mol. The van der Waals surface area contributed by atoms with Crippen molar-refractivity contribution in [3.8, 4) is 0 Å². The molecule has 0 aromatic heterocycles. The Balaban J connectivity index is 2.16. The second kappa shape index (κ2) is 6.76. The Bertz CT molecular complexity index is 377. The van der Waals surface area contributed by atoms with Crippen LogP contribution in [0.2, 0.25) is 10.0 Å². The van der Waals surface area contributed by atoms with Gasteiger partial charge in [-0.05, 0) is 43.1 Å². The highest BCUT2D eigenvalue weighted by Crippen LogP contribution is 2.35. The third kappa shape index (κ3) is 3.61. The van der Waals surface area contributed by atoms with Gasteiger partial charge in [-0.3, -0.25) is 0 Å². The van der Waals surface area contributed by atoms with Crippen LogP contribution < -0.4 is 5.32 Å². The van der Waals surface area contributed by atoms with Crippen LogP contribution in [0.1, 0.15) is 31.4 Å². The molecule has 2 unspecified atom stereocenters. The van der Waals surface area contributed by atoms with E-state index in [0.29, 0.717) is 16.0 Å². The fraction of sp³-hybridized carbons (Fsp3) is 0.571. The van der Waals surface area contributed by atoms with E-state index in [4.69, 9.17) is 27.9 Å². The maximum Gasteiger partial charge on any atom is 0.0866 e. The van der Waals surface area contributed by atoms with Crippen molar-refractivity contribution in [2.45, 2.75) is 25.9 Å². The molecule has 1 N–H and O–H groups in total. The summed E-state index contributed by atoms with van der Waals surface area (Å²) in [4.78, 5) is 0. The van der Waals surface area contributed by atoms with Gasteiger partial charge in [0.05, 0.1) is 6.10 Å². The molecule has 18 heavy (non-hydrogen) atoms. The summed E-state index contributed by atoms with van der Waals surface area (Å²) in [6, 6.07) is 5.68. The lowest BCUT2D eigenvalue weighted by Gasteiger charge is -2.32. The fourth-order valence-corrected chi connectivity index (χ4v) is 3.03. The van der Waals surface area contributed by atoms with Crippen LogP contribution in [0.5, 0.6) is 0 Å². The molecule has 1 heterocycles. The third-order valence-corrected chi connectivity index (χ3v) is 3.75. The molecule has 0 aliphatic carbocycles. The Kier molecular flexibility index (Phi) is 5.31. The fourth-order valence-electron chi connectivity index (χ4n) is 2.49. The third-order valence-electron chi connectivity index (χ3n) is 3.31. The molecule has 100 valence electrons. The highest BCUT2D eigenvalue weighted by atomic mass is 35.5. The Morgan fingerprint density at radius 2 is 2.00 bits per heavy atom.